The van der Waals surface area contributed by atoms with Gasteiger partial charge in [-0.25, -0.2) is 0 Å². The Labute approximate surface area is 115 Å². The first-order valence-electron chi connectivity index (χ1n) is 7.20. The number of hydrogen-bond acceptors (Lipinski definition) is 2. The maximum Gasteiger partial charge on any atom is 0.270 e. The third-order valence-electron chi connectivity index (χ3n) is 4.26. The molecule has 0 saturated carbocycles. The van der Waals surface area contributed by atoms with E-state index in [1.165, 1.54) is 0 Å². The smallest absolute Gasteiger partial charge is 0.270 e. The van der Waals surface area contributed by atoms with Crippen molar-refractivity contribution in [2.24, 2.45) is 17.6 Å². The molecule has 2 heterocycles. The number of aromatic nitrogens is 1. The van der Waals surface area contributed by atoms with E-state index in [4.69, 9.17) is 5.73 Å². The Morgan fingerprint density at radius 3 is 2.89 bits per heavy atom. The number of hydrogen-bond donors (Lipinski definition) is 1. The number of carbonyl (C=O) groups is 1. The normalized spacial score (nSPS) is 23.9. The molecule has 0 aromatic carbocycles. The van der Waals surface area contributed by atoms with Crippen molar-refractivity contribution in [2.45, 2.75) is 33.2 Å². The second-order valence-corrected chi connectivity index (χ2v) is 5.91. The Morgan fingerprint density at radius 2 is 2.26 bits per heavy atom. The third kappa shape index (κ3) is 2.84. The number of likely N-dealkylation sites (tertiary alicyclic amines) is 1. The summed E-state index contributed by atoms with van der Waals surface area (Å²) in [7, 11) is 0. The summed E-state index contributed by atoms with van der Waals surface area (Å²) >= 11 is 0. The van der Waals surface area contributed by atoms with Gasteiger partial charge in [0.05, 0.1) is 0 Å². The minimum atomic E-state index is 0.143. The Hall–Kier alpha value is -1.29. The van der Waals surface area contributed by atoms with Gasteiger partial charge in [0.2, 0.25) is 0 Å². The molecule has 1 amide bonds. The van der Waals surface area contributed by atoms with Gasteiger partial charge in [0.25, 0.3) is 5.91 Å². The zero-order valence-corrected chi connectivity index (χ0v) is 12.2. The van der Waals surface area contributed by atoms with Crippen LogP contribution in [0.2, 0.25) is 0 Å². The van der Waals surface area contributed by atoms with Crippen molar-refractivity contribution in [3.8, 4) is 0 Å². The van der Waals surface area contributed by atoms with Gasteiger partial charge in [-0.15, -0.1) is 0 Å². The molecular weight excluding hydrogens is 238 g/mol. The second kappa shape index (κ2) is 5.78. The van der Waals surface area contributed by atoms with Crippen LogP contribution in [0.3, 0.4) is 0 Å². The lowest BCUT2D eigenvalue weighted by Crippen LogP contribution is -2.46. The van der Waals surface area contributed by atoms with Gasteiger partial charge in [0.15, 0.2) is 0 Å². The summed E-state index contributed by atoms with van der Waals surface area (Å²) in [6.07, 6.45) is 3.03. The molecular formula is C15H25N3O. The molecule has 1 aliphatic heterocycles. The summed E-state index contributed by atoms with van der Waals surface area (Å²) in [6, 6.07) is 4.17. The average Bonchev–Trinajstić information content (AvgIpc) is 2.87. The Balaban J connectivity index is 2.13. The number of carbonyl (C=O) groups excluding carboxylic acids is 1. The van der Waals surface area contributed by atoms with Crippen LogP contribution in [0.1, 0.15) is 43.7 Å². The van der Waals surface area contributed by atoms with Crippen LogP contribution in [0.25, 0.3) is 0 Å². The maximum atomic E-state index is 12.6. The summed E-state index contributed by atoms with van der Waals surface area (Å²) < 4.78 is 2.04. The molecule has 1 aliphatic rings. The average molecular weight is 263 g/mol. The highest BCUT2D eigenvalue weighted by Gasteiger charge is 2.29. The predicted molar refractivity (Wildman–Crippen MR) is 77.0 cm³/mol. The van der Waals surface area contributed by atoms with E-state index in [2.05, 4.69) is 20.8 Å². The van der Waals surface area contributed by atoms with Crippen LogP contribution in [-0.4, -0.2) is 35.0 Å². The number of rotatable bonds is 3. The van der Waals surface area contributed by atoms with E-state index < -0.39 is 0 Å². The van der Waals surface area contributed by atoms with Crippen LogP contribution in [-0.2, 0) is 0 Å². The molecule has 4 nitrogen and oxygen atoms in total. The fraction of sp³-hybridized carbons (Fsp3) is 0.667. The van der Waals surface area contributed by atoms with Crippen molar-refractivity contribution >= 4 is 5.91 Å². The predicted octanol–water partition coefficient (Wildman–Crippen LogP) is 2.13. The summed E-state index contributed by atoms with van der Waals surface area (Å²) in [5.74, 6) is 1.19. The van der Waals surface area contributed by atoms with Crippen molar-refractivity contribution in [3.05, 3.63) is 24.0 Å². The quantitative estimate of drug-likeness (QED) is 0.908. The molecule has 0 aliphatic carbocycles. The van der Waals surface area contributed by atoms with Gasteiger partial charge in [-0.05, 0) is 50.8 Å². The molecule has 2 N–H and O–H groups in total. The lowest BCUT2D eigenvalue weighted by molar-refractivity contribution is 0.0606. The van der Waals surface area contributed by atoms with Gasteiger partial charge in [-0.1, -0.05) is 6.92 Å². The third-order valence-corrected chi connectivity index (χ3v) is 4.26. The number of nitrogens with zero attached hydrogens (tertiary/aromatic N) is 2. The van der Waals surface area contributed by atoms with Crippen LogP contribution in [0.5, 0.6) is 0 Å². The lowest BCUT2D eigenvalue weighted by Gasteiger charge is -2.36. The summed E-state index contributed by atoms with van der Waals surface area (Å²) in [5, 5.41) is 0. The molecule has 1 aromatic rings. The Kier molecular flexibility index (Phi) is 4.30. The minimum Gasteiger partial charge on any atom is -0.341 e. The molecule has 19 heavy (non-hydrogen) atoms. The van der Waals surface area contributed by atoms with Crippen molar-refractivity contribution in [2.75, 3.05) is 19.6 Å². The fourth-order valence-corrected chi connectivity index (χ4v) is 2.83. The molecule has 0 bridgehead atoms. The van der Waals surface area contributed by atoms with Crippen molar-refractivity contribution in [3.63, 3.8) is 0 Å². The van der Waals surface area contributed by atoms with Gasteiger partial charge < -0.3 is 15.2 Å². The highest BCUT2D eigenvalue weighted by atomic mass is 16.2. The van der Waals surface area contributed by atoms with Gasteiger partial charge in [-0.3, -0.25) is 4.79 Å². The van der Waals surface area contributed by atoms with Crippen LogP contribution in [0.4, 0.5) is 0 Å². The van der Waals surface area contributed by atoms with Crippen LogP contribution in [0, 0.1) is 11.8 Å². The SMILES string of the molecule is CC1CCN(C(=O)c2cccn2C(C)C)CC1CN. The molecule has 1 fully saturated rings. The highest BCUT2D eigenvalue weighted by molar-refractivity contribution is 5.92. The maximum absolute atomic E-state index is 12.6. The molecule has 2 rings (SSSR count). The van der Waals surface area contributed by atoms with Crippen molar-refractivity contribution < 1.29 is 4.79 Å². The first-order chi connectivity index (χ1) is 9.04. The number of piperidine rings is 1. The number of amides is 1. The van der Waals surface area contributed by atoms with Crippen molar-refractivity contribution in [1.82, 2.24) is 9.47 Å². The van der Waals surface area contributed by atoms with Crippen LogP contribution in [0.15, 0.2) is 18.3 Å². The molecule has 0 spiro atoms. The van der Waals surface area contributed by atoms with Crippen LogP contribution >= 0.6 is 0 Å². The zero-order valence-electron chi connectivity index (χ0n) is 12.2. The van der Waals surface area contributed by atoms with Gasteiger partial charge in [0, 0.05) is 25.3 Å². The van der Waals surface area contributed by atoms with Crippen molar-refractivity contribution in [1.29, 1.82) is 0 Å². The van der Waals surface area contributed by atoms with E-state index in [9.17, 15) is 4.79 Å². The summed E-state index contributed by atoms with van der Waals surface area (Å²) in [5.41, 5.74) is 6.60. The zero-order chi connectivity index (χ0) is 14.0. The van der Waals surface area contributed by atoms with E-state index >= 15 is 0 Å². The monoisotopic (exact) mass is 263 g/mol. The Bertz CT molecular complexity index is 438. The van der Waals surface area contributed by atoms with Crippen LogP contribution < -0.4 is 5.73 Å². The molecule has 1 saturated heterocycles. The first-order valence-corrected chi connectivity index (χ1v) is 7.20. The fourth-order valence-electron chi connectivity index (χ4n) is 2.83. The van der Waals surface area contributed by atoms with E-state index in [-0.39, 0.29) is 5.91 Å². The van der Waals surface area contributed by atoms with E-state index in [0.29, 0.717) is 24.4 Å². The lowest BCUT2D eigenvalue weighted by atomic mass is 9.87. The largest absolute Gasteiger partial charge is 0.341 e. The van der Waals surface area contributed by atoms with Gasteiger partial charge in [-0.2, -0.15) is 0 Å². The second-order valence-electron chi connectivity index (χ2n) is 5.91. The molecule has 4 heteroatoms. The minimum absolute atomic E-state index is 0.143. The molecule has 2 atom stereocenters. The highest BCUT2D eigenvalue weighted by Crippen LogP contribution is 2.24. The molecule has 1 aromatic heterocycles. The summed E-state index contributed by atoms with van der Waals surface area (Å²) in [6.45, 7) is 8.72. The molecule has 0 radical (unpaired) electrons. The Morgan fingerprint density at radius 1 is 1.53 bits per heavy atom. The van der Waals surface area contributed by atoms with Gasteiger partial charge >= 0.3 is 0 Å². The molecule has 106 valence electrons. The topological polar surface area (TPSA) is 51.3 Å². The van der Waals surface area contributed by atoms with E-state index in [0.717, 1.165) is 25.2 Å². The van der Waals surface area contributed by atoms with Gasteiger partial charge in [0.1, 0.15) is 5.69 Å². The standard InChI is InChI=1S/C15H25N3O/c1-11(2)18-7-4-5-14(18)15(19)17-8-6-12(3)13(9-16)10-17/h4-5,7,11-13H,6,8-10,16H2,1-3H3. The van der Waals surface area contributed by atoms with E-state index in [1.54, 1.807) is 0 Å². The molecule has 2 unspecified atom stereocenters. The first kappa shape index (κ1) is 14.1. The number of nitrogens with two attached hydrogens (primary N) is 1. The summed E-state index contributed by atoms with van der Waals surface area (Å²) in [4.78, 5) is 14.6. The van der Waals surface area contributed by atoms with E-state index in [1.807, 2.05) is 27.8 Å².